The summed E-state index contributed by atoms with van der Waals surface area (Å²) in [5.74, 6) is 2.57. The van der Waals surface area contributed by atoms with E-state index in [-0.39, 0.29) is 0 Å². The molecule has 6 heteroatoms. The molecule has 1 saturated heterocycles. The Balaban J connectivity index is 1.75. The highest BCUT2D eigenvalue weighted by Gasteiger charge is 2.17. The van der Waals surface area contributed by atoms with Crippen LogP contribution in [0.5, 0.6) is 11.6 Å². The number of hydrogen-bond donors (Lipinski definition) is 1. The van der Waals surface area contributed by atoms with Crippen molar-refractivity contribution < 1.29 is 9.47 Å². The molecule has 0 saturated carbocycles. The van der Waals surface area contributed by atoms with Gasteiger partial charge in [0, 0.05) is 36.5 Å². The number of nitrogens with one attached hydrogen (secondary N) is 1. The molecule has 1 fully saturated rings. The molecule has 3 rings (SSSR count). The minimum atomic E-state index is 0.522. The van der Waals surface area contributed by atoms with Crippen LogP contribution in [0.2, 0.25) is 0 Å². The Labute approximate surface area is 149 Å². The van der Waals surface area contributed by atoms with Crippen molar-refractivity contribution in [3.05, 3.63) is 41.1 Å². The van der Waals surface area contributed by atoms with Gasteiger partial charge in [-0.05, 0) is 44.0 Å². The van der Waals surface area contributed by atoms with E-state index in [4.69, 9.17) is 9.47 Å². The third-order valence-corrected chi connectivity index (χ3v) is 4.38. The van der Waals surface area contributed by atoms with Gasteiger partial charge in [-0.15, -0.1) is 0 Å². The van der Waals surface area contributed by atoms with Gasteiger partial charge in [-0.2, -0.15) is 0 Å². The fourth-order valence-electron chi connectivity index (χ4n) is 3.03. The Hall–Kier alpha value is -2.21. The normalized spacial score (nSPS) is 16.8. The Morgan fingerprint density at radius 2 is 2.16 bits per heavy atom. The summed E-state index contributed by atoms with van der Waals surface area (Å²) in [5, 5.41) is 3.35. The third kappa shape index (κ3) is 4.66. The summed E-state index contributed by atoms with van der Waals surface area (Å²) in [4.78, 5) is 13.5. The summed E-state index contributed by atoms with van der Waals surface area (Å²) < 4.78 is 11.3. The molecule has 0 aliphatic carbocycles. The molecule has 6 nitrogen and oxygen atoms in total. The molecule has 1 aliphatic rings. The second-order valence-corrected chi connectivity index (χ2v) is 6.47. The molecule has 134 valence electrons. The summed E-state index contributed by atoms with van der Waals surface area (Å²) in [6.07, 6.45) is 4.49. The van der Waals surface area contributed by atoms with Gasteiger partial charge in [-0.1, -0.05) is 6.92 Å². The third-order valence-electron chi connectivity index (χ3n) is 4.38. The quantitative estimate of drug-likeness (QED) is 0.833. The zero-order valence-corrected chi connectivity index (χ0v) is 15.2. The van der Waals surface area contributed by atoms with Crippen LogP contribution in [-0.2, 0) is 12.8 Å². The maximum Gasteiger partial charge on any atom is 0.256 e. The number of hydrogen-bond acceptors (Lipinski definition) is 6. The molecule has 0 aromatic carbocycles. The van der Waals surface area contributed by atoms with Gasteiger partial charge in [0.2, 0.25) is 0 Å². The van der Waals surface area contributed by atoms with Crippen LogP contribution in [0.3, 0.4) is 0 Å². The Morgan fingerprint density at radius 3 is 2.88 bits per heavy atom. The van der Waals surface area contributed by atoms with Crippen LogP contribution < -0.4 is 14.8 Å². The average Bonchev–Trinajstić information content (AvgIpc) is 3.13. The lowest BCUT2D eigenvalue weighted by atomic mass is 10.1. The first kappa shape index (κ1) is 17.6. The van der Waals surface area contributed by atoms with E-state index in [0.717, 1.165) is 48.7 Å². The lowest BCUT2D eigenvalue weighted by molar-refractivity contribution is 0.244. The molecule has 0 unspecified atom stereocenters. The number of rotatable bonds is 7. The second kappa shape index (κ2) is 8.25. The zero-order chi connectivity index (χ0) is 17.6. The lowest BCUT2D eigenvalue weighted by Gasteiger charge is -2.14. The first-order chi connectivity index (χ1) is 12.2. The van der Waals surface area contributed by atoms with Crippen LogP contribution >= 0.6 is 0 Å². The number of nitrogens with zero attached hydrogens (tertiary/aromatic N) is 3. The van der Waals surface area contributed by atoms with E-state index in [0.29, 0.717) is 30.6 Å². The molecule has 1 atom stereocenters. The molecule has 1 N–H and O–H groups in total. The highest BCUT2D eigenvalue weighted by Crippen LogP contribution is 2.27. The van der Waals surface area contributed by atoms with E-state index in [1.54, 1.807) is 13.3 Å². The SMILES string of the molecule is CCc1cc(C)nc(Cc2cnc(OC)c(OC[C@H]3CCNC3)c2)n1. The van der Waals surface area contributed by atoms with E-state index >= 15 is 0 Å². The highest BCUT2D eigenvalue weighted by atomic mass is 16.5. The molecular formula is C19H26N4O2. The fourth-order valence-corrected chi connectivity index (χ4v) is 3.03. The number of ether oxygens (including phenoxy) is 2. The first-order valence-electron chi connectivity index (χ1n) is 8.87. The molecule has 0 bridgehead atoms. The fraction of sp³-hybridized carbons (Fsp3) is 0.526. The van der Waals surface area contributed by atoms with Crippen LogP contribution in [0.4, 0.5) is 0 Å². The first-order valence-corrected chi connectivity index (χ1v) is 8.87. The smallest absolute Gasteiger partial charge is 0.256 e. The molecule has 1 aliphatic heterocycles. The van der Waals surface area contributed by atoms with Crippen molar-refractivity contribution in [1.29, 1.82) is 0 Å². The number of aromatic nitrogens is 3. The van der Waals surface area contributed by atoms with Crippen molar-refractivity contribution in [3.8, 4) is 11.6 Å². The summed E-state index contributed by atoms with van der Waals surface area (Å²) in [7, 11) is 1.61. The van der Waals surface area contributed by atoms with E-state index in [9.17, 15) is 0 Å². The predicted molar refractivity (Wildman–Crippen MR) is 96.2 cm³/mol. The largest absolute Gasteiger partial charge is 0.488 e. The summed E-state index contributed by atoms with van der Waals surface area (Å²) in [6.45, 7) is 6.85. The van der Waals surface area contributed by atoms with Gasteiger partial charge in [-0.3, -0.25) is 0 Å². The predicted octanol–water partition coefficient (Wildman–Crippen LogP) is 2.33. The number of methoxy groups -OCH3 is 1. The number of aryl methyl sites for hydroxylation is 2. The average molecular weight is 342 g/mol. The van der Waals surface area contributed by atoms with Gasteiger partial charge >= 0.3 is 0 Å². The van der Waals surface area contributed by atoms with Crippen molar-refractivity contribution in [2.75, 3.05) is 26.8 Å². The van der Waals surface area contributed by atoms with E-state index in [1.807, 2.05) is 19.1 Å². The highest BCUT2D eigenvalue weighted by molar-refractivity contribution is 5.37. The topological polar surface area (TPSA) is 69.2 Å². The van der Waals surface area contributed by atoms with Crippen LogP contribution in [-0.4, -0.2) is 41.8 Å². The Morgan fingerprint density at radius 1 is 1.28 bits per heavy atom. The van der Waals surface area contributed by atoms with Crippen molar-refractivity contribution in [3.63, 3.8) is 0 Å². The molecule has 25 heavy (non-hydrogen) atoms. The van der Waals surface area contributed by atoms with Gasteiger partial charge in [-0.25, -0.2) is 15.0 Å². The lowest BCUT2D eigenvalue weighted by Crippen LogP contribution is -2.16. The van der Waals surface area contributed by atoms with E-state index < -0.39 is 0 Å². The molecule has 2 aromatic heterocycles. The van der Waals surface area contributed by atoms with Gasteiger partial charge in [0.1, 0.15) is 5.82 Å². The molecule has 0 radical (unpaired) electrons. The van der Waals surface area contributed by atoms with Gasteiger partial charge in [0.15, 0.2) is 5.75 Å². The van der Waals surface area contributed by atoms with Crippen molar-refractivity contribution in [2.24, 2.45) is 5.92 Å². The molecule has 0 spiro atoms. The second-order valence-electron chi connectivity index (χ2n) is 6.47. The molecular weight excluding hydrogens is 316 g/mol. The van der Waals surface area contributed by atoms with E-state index in [1.165, 1.54) is 0 Å². The van der Waals surface area contributed by atoms with E-state index in [2.05, 4.69) is 27.2 Å². The van der Waals surface area contributed by atoms with Gasteiger partial charge in [0.25, 0.3) is 5.88 Å². The summed E-state index contributed by atoms with van der Waals surface area (Å²) >= 11 is 0. The van der Waals surface area contributed by atoms with Gasteiger partial charge in [0.05, 0.1) is 13.7 Å². The Bertz CT molecular complexity index is 715. The molecule has 2 aromatic rings. The minimum Gasteiger partial charge on any atom is -0.488 e. The molecule has 0 amide bonds. The van der Waals surface area contributed by atoms with Gasteiger partial charge < -0.3 is 14.8 Å². The minimum absolute atomic E-state index is 0.522. The van der Waals surface area contributed by atoms with Crippen LogP contribution in [0, 0.1) is 12.8 Å². The number of pyridine rings is 1. The van der Waals surface area contributed by atoms with Crippen molar-refractivity contribution in [1.82, 2.24) is 20.3 Å². The monoisotopic (exact) mass is 342 g/mol. The van der Waals surface area contributed by atoms with Crippen LogP contribution in [0.15, 0.2) is 18.3 Å². The summed E-state index contributed by atoms with van der Waals surface area (Å²) in [6, 6.07) is 4.02. The van der Waals surface area contributed by atoms with Crippen molar-refractivity contribution >= 4 is 0 Å². The van der Waals surface area contributed by atoms with Crippen LogP contribution in [0.25, 0.3) is 0 Å². The van der Waals surface area contributed by atoms with Crippen molar-refractivity contribution in [2.45, 2.75) is 33.1 Å². The maximum atomic E-state index is 5.99. The molecule has 3 heterocycles. The maximum absolute atomic E-state index is 5.99. The standard InChI is InChI=1S/C19H26N4O2/c1-4-16-7-13(2)22-18(23-16)9-15-8-17(19(24-3)21-11-15)25-12-14-5-6-20-10-14/h7-8,11,14,20H,4-6,9-10,12H2,1-3H3/t14-/m0/s1. The van der Waals surface area contributed by atoms with Crippen LogP contribution in [0.1, 0.15) is 36.1 Å². The zero-order valence-electron chi connectivity index (χ0n) is 15.2. The Kier molecular flexibility index (Phi) is 5.81. The summed E-state index contributed by atoms with van der Waals surface area (Å²) in [5.41, 5.74) is 3.08.